The lowest BCUT2D eigenvalue weighted by Crippen LogP contribution is -2.01. The molecule has 2 heterocycles. The summed E-state index contributed by atoms with van der Waals surface area (Å²) in [6.45, 7) is 2.71. The van der Waals surface area contributed by atoms with Gasteiger partial charge in [0.1, 0.15) is 12.4 Å². The van der Waals surface area contributed by atoms with E-state index in [4.69, 9.17) is 5.26 Å². The van der Waals surface area contributed by atoms with E-state index in [1.54, 1.807) is 22.3 Å². The fraction of sp³-hybridized carbons (Fsp3) is 0.400. The molecule has 6 heteroatoms. The van der Waals surface area contributed by atoms with Crippen LogP contribution in [0.4, 0.5) is 0 Å². The molecular weight excluding hydrogens is 222 g/mol. The molecule has 0 radical (unpaired) electrons. The molecule has 0 fully saturated rings. The van der Waals surface area contributed by atoms with Gasteiger partial charge in [-0.15, -0.1) is 16.4 Å². The molecule has 0 amide bonds. The highest BCUT2D eigenvalue weighted by Crippen LogP contribution is 2.12. The molecule has 0 unspecified atom stereocenters. The maximum Gasteiger partial charge on any atom is 0.252 e. The van der Waals surface area contributed by atoms with Crippen LogP contribution in [0.25, 0.3) is 0 Å². The van der Waals surface area contributed by atoms with Crippen LogP contribution < -0.4 is 0 Å². The molecule has 0 atom stereocenters. The van der Waals surface area contributed by atoms with Crippen LogP contribution in [0, 0.1) is 11.3 Å². The zero-order valence-corrected chi connectivity index (χ0v) is 9.74. The fourth-order valence-electron chi connectivity index (χ4n) is 1.34. The van der Waals surface area contributed by atoms with Gasteiger partial charge in [0.05, 0.1) is 17.2 Å². The van der Waals surface area contributed by atoms with Gasteiger partial charge in [0.15, 0.2) is 0 Å². The van der Waals surface area contributed by atoms with E-state index in [9.17, 15) is 0 Å². The van der Waals surface area contributed by atoms with E-state index in [-0.39, 0.29) is 5.82 Å². The number of aromatic nitrogens is 4. The average molecular weight is 233 g/mol. The third kappa shape index (κ3) is 2.44. The zero-order valence-electron chi connectivity index (χ0n) is 8.92. The van der Waals surface area contributed by atoms with Gasteiger partial charge >= 0.3 is 0 Å². The first-order valence-electron chi connectivity index (χ1n) is 5.04. The number of nitriles is 1. The number of hydrogen-bond donors (Lipinski definition) is 0. The summed E-state index contributed by atoms with van der Waals surface area (Å²) in [7, 11) is 0. The molecule has 0 N–H and O–H groups in total. The van der Waals surface area contributed by atoms with Crippen molar-refractivity contribution < 1.29 is 0 Å². The Balaban J connectivity index is 2.05. The minimum Gasteiger partial charge on any atom is -0.246 e. The number of thiazole rings is 1. The third-order valence-corrected chi connectivity index (χ3v) is 2.98. The Morgan fingerprint density at radius 3 is 3.12 bits per heavy atom. The Bertz CT molecular complexity index is 507. The summed E-state index contributed by atoms with van der Waals surface area (Å²) in [5.41, 5.74) is 0.975. The zero-order chi connectivity index (χ0) is 11.4. The SMILES string of the molecule is CCCc1nc(Cn2cnc(C#N)n2)cs1. The Kier molecular flexibility index (Phi) is 3.27. The number of nitrogens with zero attached hydrogens (tertiary/aromatic N) is 5. The first-order valence-corrected chi connectivity index (χ1v) is 5.92. The van der Waals surface area contributed by atoms with E-state index in [0.29, 0.717) is 6.54 Å². The van der Waals surface area contributed by atoms with Gasteiger partial charge in [-0.1, -0.05) is 6.92 Å². The van der Waals surface area contributed by atoms with Crippen LogP contribution in [-0.2, 0) is 13.0 Å². The van der Waals surface area contributed by atoms with Crippen molar-refractivity contribution in [2.45, 2.75) is 26.3 Å². The van der Waals surface area contributed by atoms with Crippen LogP contribution in [-0.4, -0.2) is 19.7 Å². The summed E-state index contributed by atoms with van der Waals surface area (Å²) in [5, 5.41) is 15.8. The summed E-state index contributed by atoms with van der Waals surface area (Å²) in [6, 6.07) is 1.90. The number of rotatable bonds is 4. The van der Waals surface area contributed by atoms with Crippen molar-refractivity contribution in [3.63, 3.8) is 0 Å². The molecular formula is C10H11N5S. The first-order chi connectivity index (χ1) is 7.81. The second-order valence-corrected chi connectivity index (χ2v) is 4.30. The maximum atomic E-state index is 8.59. The van der Waals surface area contributed by atoms with E-state index in [2.05, 4.69) is 22.0 Å². The van der Waals surface area contributed by atoms with Crippen molar-refractivity contribution >= 4 is 11.3 Å². The number of hydrogen-bond acceptors (Lipinski definition) is 5. The van der Waals surface area contributed by atoms with Crippen molar-refractivity contribution in [3.8, 4) is 6.07 Å². The standard InChI is InChI=1S/C10H11N5S/c1-2-3-10-13-8(6-16-10)5-15-7-12-9(4-11)14-15/h6-7H,2-3,5H2,1H3. The summed E-state index contributed by atoms with van der Waals surface area (Å²) in [6.07, 6.45) is 3.68. The highest BCUT2D eigenvalue weighted by atomic mass is 32.1. The second-order valence-electron chi connectivity index (χ2n) is 3.36. The van der Waals surface area contributed by atoms with Crippen molar-refractivity contribution in [2.75, 3.05) is 0 Å². The van der Waals surface area contributed by atoms with Gasteiger partial charge in [-0.3, -0.25) is 0 Å². The Labute approximate surface area is 97.4 Å². The molecule has 0 aliphatic heterocycles. The van der Waals surface area contributed by atoms with Gasteiger partial charge < -0.3 is 0 Å². The van der Waals surface area contributed by atoms with Gasteiger partial charge in [0.25, 0.3) is 5.82 Å². The quantitative estimate of drug-likeness (QED) is 0.804. The predicted octanol–water partition coefficient (Wildman–Crippen LogP) is 1.61. The van der Waals surface area contributed by atoms with Crippen molar-refractivity contribution in [2.24, 2.45) is 0 Å². The van der Waals surface area contributed by atoms with E-state index in [1.807, 2.05) is 11.4 Å². The van der Waals surface area contributed by atoms with E-state index in [1.165, 1.54) is 0 Å². The van der Waals surface area contributed by atoms with E-state index < -0.39 is 0 Å². The van der Waals surface area contributed by atoms with Crippen LogP contribution in [0.1, 0.15) is 29.9 Å². The largest absolute Gasteiger partial charge is 0.252 e. The van der Waals surface area contributed by atoms with Crippen molar-refractivity contribution in [1.29, 1.82) is 5.26 Å². The van der Waals surface area contributed by atoms with Crippen LogP contribution in [0.2, 0.25) is 0 Å². The minimum absolute atomic E-state index is 0.198. The molecule has 0 aromatic carbocycles. The molecule has 16 heavy (non-hydrogen) atoms. The maximum absolute atomic E-state index is 8.59. The van der Waals surface area contributed by atoms with Crippen LogP contribution in [0.3, 0.4) is 0 Å². The van der Waals surface area contributed by atoms with E-state index >= 15 is 0 Å². The second kappa shape index (κ2) is 4.86. The molecule has 0 aliphatic carbocycles. The summed E-state index contributed by atoms with van der Waals surface area (Å²) < 4.78 is 1.63. The van der Waals surface area contributed by atoms with E-state index in [0.717, 1.165) is 23.5 Å². The number of aryl methyl sites for hydroxylation is 1. The lowest BCUT2D eigenvalue weighted by molar-refractivity contribution is 0.669. The van der Waals surface area contributed by atoms with Gasteiger partial charge in [-0.2, -0.15) is 5.26 Å². The monoisotopic (exact) mass is 233 g/mol. The smallest absolute Gasteiger partial charge is 0.246 e. The summed E-state index contributed by atoms with van der Waals surface area (Å²) in [4.78, 5) is 8.32. The summed E-state index contributed by atoms with van der Waals surface area (Å²) in [5.74, 6) is 0.198. The van der Waals surface area contributed by atoms with Crippen molar-refractivity contribution in [3.05, 3.63) is 28.2 Å². The molecule has 0 spiro atoms. The van der Waals surface area contributed by atoms with Crippen LogP contribution >= 0.6 is 11.3 Å². The van der Waals surface area contributed by atoms with Crippen LogP contribution in [0.5, 0.6) is 0 Å². The third-order valence-electron chi connectivity index (χ3n) is 2.02. The molecule has 2 rings (SSSR count). The van der Waals surface area contributed by atoms with Gasteiger partial charge in [-0.25, -0.2) is 14.6 Å². The molecule has 0 bridgehead atoms. The fourth-order valence-corrected chi connectivity index (χ4v) is 2.23. The molecule has 5 nitrogen and oxygen atoms in total. The topological polar surface area (TPSA) is 67.4 Å². The average Bonchev–Trinajstić information content (AvgIpc) is 2.89. The lowest BCUT2D eigenvalue weighted by atomic mass is 10.3. The molecule has 0 saturated carbocycles. The van der Waals surface area contributed by atoms with Gasteiger partial charge in [0.2, 0.25) is 0 Å². The molecule has 2 aromatic rings. The molecule has 2 aromatic heterocycles. The summed E-state index contributed by atoms with van der Waals surface area (Å²) >= 11 is 1.67. The lowest BCUT2D eigenvalue weighted by Gasteiger charge is -1.94. The Morgan fingerprint density at radius 1 is 1.56 bits per heavy atom. The van der Waals surface area contributed by atoms with Crippen molar-refractivity contribution in [1.82, 2.24) is 19.7 Å². The normalized spacial score (nSPS) is 10.2. The van der Waals surface area contributed by atoms with Gasteiger partial charge in [0, 0.05) is 5.38 Å². The Morgan fingerprint density at radius 2 is 2.44 bits per heavy atom. The predicted molar refractivity (Wildman–Crippen MR) is 59.9 cm³/mol. The molecule has 0 saturated heterocycles. The van der Waals surface area contributed by atoms with Gasteiger partial charge in [-0.05, 0) is 12.8 Å². The Hall–Kier alpha value is -1.74. The first kappa shape index (κ1) is 10.8. The minimum atomic E-state index is 0.198. The molecule has 82 valence electrons. The highest BCUT2D eigenvalue weighted by molar-refractivity contribution is 7.09. The van der Waals surface area contributed by atoms with Crippen LogP contribution in [0.15, 0.2) is 11.7 Å². The highest BCUT2D eigenvalue weighted by Gasteiger charge is 2.04. The molecule has 0 aliphatic rings.